The molecule has 0 atom stereocenters. The van der Waals surface area contributed by atoms with Crippen molar-refractivity contribution in [3.63, 3.8) is 0 Å². The molecule has 1 aromatic rings. The molecule has 5 N–H and O–H groups in total. The van der Waals surface area contributed by atoms with Gasteiger partial charge in [-0.25, -0.2) is 0 Å². The Hall–Kier alpha value is -1.14. The van der Waals surface area contributed by atoms with Crippen molar-refractivity contribution in [3.05, 3.63) is 29.3 Å². The standard InChI is InChI=1S/C14H24N4O/c19-14-12-2-1-3-13(14)11-18-9-7-16-5-4-15-6-8-17-10-12/h1-3,15-19H,4-11H2. The van der Waals surface area contributed by atoms with Crippen molar-refractivity contribution >= 4 is 0 Å². The summed E-state index contributed by atoms with van der Waals surface area (Å²) in [5.41, 5.74) is 1.93. The molecule has 0 amide bonds. The maximum absolute atomic E-state index is 10.2. The molecule has 1 aliphatic rings. The van der Waals surface area contributed by atoms with Crippen molar-refractivity contribution in [2.75, 3.05) is 39.3 Å². The van der Waals surface area contributed by atoms with Gasteiger partial charge < -0.3 is 26.4 Å². The topological polar surface area (TPSA) is 68.3 Å². The van der Waals surface area contributed by atoms with Crippen molar-refractivity contribution in [2.45, 2.75) is 13.1 Å². The first-order valence-corrected chi connectivity index (χ1v) is 7.00. The molecule has 1 heterocycles. The predicted molar refractivity (Wildman–Crippen MR) is 77.3 cm³/mol. The van der Waals surface area contributed by atoms with Crippen molar-refractivity contribution in [1.82, 2.24) is 21.3 Å². The number of hydrogen-bond acceptors (Lipinski definition) is 5. The summed E-state index contributed by atoms with van der Waals surface area (Å²) >= 11 is 0. The van der Waals surface area contributed by atoms with E-state index in [2.05, 4.69) is 21.3 Å². The normalized spacial score (nSPS) is 19.4. The molecule has 1 aromatic carbocycles. The highest BCUT2D eigenvalue weighted by Gasteiger charge is 2.06. The number of phenolic OH excluding ortho intramolecular Hbond substituents is 1. The van der Waals surface area contributed by atoms with Crippen molar-refractivity contribution in [3.8, 4) is 5.75 Å². The van der Waals surface area contributed by atoms with E-state index in [1.165, 1.54) is 0 Å². The van der Waals surface area contributed by atoms with Gasteiger partial charge in [-0.15, -0.1) is 0 Å². The minimum absolute atomic E-state index is 0.415. The summed E-state index contributed by atoms with van der Waals surface area (Å²) < 4.78 is 0. The Balaban J connectivity index is 1.97. The average Bonchev–Trinajstić information content (AvgIpc) is 2.42. The van der Waals surface area contributed by atoms with Gasteiger partial charge in [-0.05, 0) is 0 Å². The lowest BCUT2D eigenvalue weighted by Gasteiger charge is -2.11. The second-order valence-electron chi connectivity index (χ2n) is 4.78. The summed E-state index contributed by atoms with van der Waals surface area (Å²) in [4.78, 5) is 0. The highest BCUT2D eigenvalue weighted by molar-refractivity contribution is 5.40. The quantitative estimate of drug-likeness (QED) is 0.448. The Morgan fingerprint density at radius 2 is 1.11 bits per heavy atom. The van der Waals surface area contributed by atoms with Crippen LogP contribution in [0.2, 0.25) is 0 Å². The van der Waals surface area contributed by atoms with E-state index in [0.29, 0.717) is 18.8 Å². The number of hydrogen-bond donors (Lipinski definition) is 5. The minimum atomic E-state index is 0.415. The van der Waals surface area contributed by atoms with Gasteiger partial charge in [0.15, 0.2) is 0 Å². The molecule has 0 saturated carbocycles. The number of benzene rings is 1. The fraction of sp³-hybridized carbons (Fsp3) is 0.571. The summed E-state index contributed by atoms with van der Waals surface area (Å²) in [6, 6.07) is 5.94. The molecule has 1 aliphatic heterocycles. The highest BCUT2D eigenvalue weighted by atomic mass is 16.3. The summed E-state index contributed by atoms with van der Waals surface area (Å²) in [7, 11) is 0. The van der Waals surface area contributed by atoms with Crippen LogP contribution in [0.5, 0.6) is 5.75 Å². The number of aromatic hydroxyl groups is 1. The van der Waals surface area contributed by atoms with E-state index in [-0.39, 0.29) is 0 Å². The monoisotopic (exact) mass is 264 g/mol. The molecular formula is C14H24N4O. The predicted octanol–water partition coefficient (Wildman–Crippen LogP) is -0.236. The molecule has 0 radical (unpaired) electrons. The van der Waals surface area contributed by atoms with Gasteiger partial charge in [0.05, 0.1) is 0 Å². The maximum Gasteiger partial charge on any atom is 0.124 e. The lowest BCUT2D eigenvalue weighted by Crippen LogP contribution is -2.34. The fourth-order valence-electron chi connectivity index (χ4n) is 2.16. The third-order valence-electron chi connectivity index (χ3n) is 3.27. The van der Waals surface area contributed by atoms with E-state index in [9.17, 15) is 5.11 Å². The van der Waals surface area contributed by atoms with E-state index < -0.39 is 0 Å². The summed E-state index contributed by atoms with van der Waals surface area (Å²) in [6.07, 6.45) is 0. The third-order valence-corrected chi connectivity index (χ3v) is 3.27. The van der Waals surface area contributed by atoms with E-state index in [4.69, 9.17) is 0 Å². The molecular weight excluding hydrogens is 240 g/mol. The second kappa shape index (κ2) is 8.12. The van der Waals surface area contributed by atoms with Crippen molar-refractivity contribution < 1.29 is 5.11 Å². The van der Waals surface area contributed by atoms with Crippen LogP contribution in [0.4, 0.5) is 0 Å². The van der Waals surface area contributed by atoms with Crippen LogP contribution in [0, 0.1) is 0 Å². The maximum atomic E-state index is 10.2. The van der Waals surface area contributed by atoms with Crippen LogP contribution < -0.4 is 21.3 Å². The van der Waals surface area contributed by atoms with E-state index in [1.54, 1.807) is 0 Å². The van der Waals surface area contributed by atoms with Crippen LogP contribution in [0.3, 0.4) is 0 Å². The first-order chi connectivity index (χ1) is 9.38. The molecule has 5 nitrogen and oxygen atoms in total. The zero-order valence-electron chi connectivity index (χ0n) is 11.3. The van der Waals surface area contributed by atoms with Gasteiger partial charge in [0.1, 0.15) is 5.75 Å². The van der Waals surface area contributed by atoms with Crippen LogP contribution in [0.25, 0.3) is 0 Å². The van der Waals surface area contributed by atoms with Gasteiger partial charge in [-0.3, -0.25) is 0 Å². The zero-order valence-corrected chi connectivity index (χ0v) is 11.3. The Labute approximate surface area is 114 Å². The van der Waals surface area contributed by atoms with Crippen LogP contribution in [-0.2, 0) is 13.1 Å². The number of phenols is 1. The highest BCUT2D eigenvalue weighted by Crippen LogP contribution is 2.22. The first kappa shape index (κ1) is 14.3. The lowest BCUT2D eigenvalue weighted by molar-refractivity contribution is 0.454. The van der Waals surface area contributed by atoms with Gasteiger partial charge in [-0.1, -0.05) is 18.2 Å². The van der Waals surface area contributed by atoms with Gasteiger partial charge in [0, 0.05) is 63.5 Å². The molecule has 2 bridgehead atoms. The molecule has 2 rings (SSSR count). The molecule has 0 unspecified atom stereocenters. The van der Waals surface area contributed by atoms with Gasteiger partial charge in [0.25, 0.3) is 0 Å². The smallest absolute Gasteiger partial charge is 0.124 e. The third kappa shape index (κ3) is 4.80. The largest absolute Gasteiger partial charge is 0.507 e. The first-order valence-electron chi connectivity index (χ1n) is 7.00. The van der Waals surface area contributed by atoms with Crippen LogP contribution in [-0.4, -0.2) is 44.4 Å². The van der Waals surface area contributed by atoms with Crippen molar-refractivity contribution in [2.24, 2.45) is 0 Å². The molecule has 19 heavy (non-hydrogen) atoms. The van der Waals surface area contributed by atoms with E-state index in [0.717, 1.165) is 50.4 Å². The van der Waals surface area contributed by atoms with Gasteiger partial charge >= 0.3 is 0 Å². The summed E-state index contributed by atoms with van der Waals surface area (Å²) in [5.74, 6) is 0.415. The van der Waals surface area contributed by atoms with Gasteiger partial charge in [0.2, 0.25) is 0 Å². The number of fused-ring (bicyclic) bond motifs is 2. The van der Waals surface area contributed by atoms with E-state index >= 15 is 0 Å². The van der Waals surface area contributed by atoms with Crippen LogP contribution >= 0.6 is 0 Å². The van der Waals surface area contributed by atoms with Gasteiger partial charge in [-0.2, -0.15) is 0 Å². The SMILES string of the molecule is Oc1c2cccc1CNCCNCCNCCNC2. The molecule has 0 aliphatic carbocycles. The average molecular weight is 264 g/mol. The second-order valence-corrected chi connectivity index (χ2v) is 4.78. The molecule has 0 fully saturated rings. The van der Waals surface area contributed by atoms with Crippen LogP contribution in [0.15, 0.2) is 18.2 Å². The lowest BCUT2D eigenvalue weighted by atomic mass is 10.1. The molecule has 5 heteroatoms. The Morgan fingerprint density at radius 3 is 1.58 bits per heavy atom. The number of nitrogens with one attached hydrogen (secondary N) is 4. The van der Waals surface area contributed by atoms with Crippen LogP contribution in [0.1, 0.15) is 11.1 Å². The Bertz CT molecular complexity index is 351. The minimum Gasteiger partial charge on any atom is -0.507 e. The zero-order chi connectivity index (χ0) is 13.3. The number of para-hydroxylation sites is 1. The van der Waals surface area contributed by atoms with E-state index in [1.807, 2.05) is 18.2 Å². The molecule has 106 valence electrons. The molecule has 0 spiro atoms. The Morgan fingerprint density at radius 1 is 0.684 bits per heavy atom. The summed E-state index contributed by atoms with van der Waals surface area (Å²) in [5, 5.41) is 23.6. The number of rotatable bonds is 0. The molecule has 0 saturated heterocycles. The van der Waals surface area contributed by atoms with Crippen molar-refractivity contribution in [1.29, 1.82) is 0 Å². The fourth-order valence-corrected chi connectivity index (χ4v) is 2.16. The molecule has 0 aromatic heterocycles. The Kier molecular flexibility index (Phi) is 6.10. The summed E-state index contributed by atoms with van der Waals surface area (Å²) in [6.45, 7) is 7.09.